The molecular formula is C14H11ClO. The van der Waals surface area contributed by atoms with E-state index in [0.29, 0.717) is 5.02 Å². The van der Waals surface area contributed by atoms with E-state index in [1.807, 2.05) is 42.5 Å². The maximum Gasteiger partial charge on any atom is 0.117 e. The lowest BCUT2D eigenvalue weighted by Gasteiger charge is -1.99. The summed E-state index contributed by atoms with van der Waals surface area (Å²) < 4.78 is 0. The Morgan fingerprint density at radius 1 is 0.938 bits per heavy atom. The summed E-state index contributed by atoms with van der Waals surface area (Å²) in [4.78, 5) is 0. The van der Waals surface area contributed by atoms with Crippen LogP contribution < -0.4 is 0 Å². The molecule has 0 saturated carbocycles. The zero-order valence-electron chi connectivity index (χ0n) is 8.60. The lowest BCUT2D eigenvalue weighted by molar-refractivity contribution is 0.475. The monoisotopic (exact) mass is 230 g/mol. The van der Waals surface area contributed by atoms with E-state index in [-0.39, 0.29) is 5.75 Å². The van der Waals surface area contributed by atoms with E-state index in [9.17, 15) is 5.11 Å². The highest BCUT2D eigenvalue weighted by Crippen LogP contribution is 2.23. The normalized spacial score (nSPS) is 10.8. The van der Waals surface area contributed by atoms with Gasteiger partial charge in [-0.15, -0.1) is 0 Å². The zero-order chi connectivity index (χ0) is 11.4. The molecule has 0 radical (unpaired) electrons. The van der Waals surface area contributed by atoms with Crippen molar-refractivity contribution >= 4 is 23.8 Å². The largest absolute Gasteiger partial charge is 0.508 e. The molecular weight excluding hydrogens is 220 g/mol. The summed E-state index contributed by atoms with van der Waals surface area (Å²) in [7, 11) is 0. The molecule has 2 aromatic rings. The molecule has 16 heavy (non-hydrogen) atoms. The van der Waals surface area contributed by atoms with Crippen LogP contribution in [0.5, 0.6) is 5.75 Å². The number of rotatable bonds is 2. The number of hydrogen-bond acceptors (Lipinski definition) is 1. The third kappa shape index (κ3) is 2.65. The van der Waals surface area contributed by atoms with Gasteiger partial charge in [-0.2, -0.15) is 0 Å². The van der Waals surface area contributed by atoms with Gasteiger partial charge in [-0.25, -0.2) is 0 Å². The number of hydrogen-bond donors (Lipinski definition) is 1. The number of benzene rings is 2. The first-order valence-corrected chi connectivity index (χ1v) is 5.35. The molecule has 2 aromatic carbocycles. The lowest BCUT2D eigenvalue weighted by atomic mass is 10.1. The van der Waals surface area contributed by atoms with E-state index in [1.165, 1.54) is 6.07 Å². The van der Waals surface area contributed by atoms with E-state index in [0.717, 1.165) is 11.1 Å². The Labute approximate surface area is 99.6 Å². The van der Waals surface area contributed by atoms with Gasteiger partial charge in [0.05, 0.1) is 5.02 Å². The second kappa shape index (κ2) is 4.86. The third-order valence-corrected chi connectivity index (χ3v) is 2.57. The highest BCUT2D eigenvalue weighted by Gasteiger charge is 1.97. The minimum Gasteiger partial charge on any atom is -0.508 e. The van der Waals surface area contributed by atoms with Crippen LogP contribution in [-0.4, -0.2) is 5.11 Å². The fourth-order valence-electron chi connectivity index (χ4n) is 1.40. The van der Waals surface area contributed by atoms with Crippen LogP contribution in [0.15, 0.2) is 48.5 Å². The number of halogens is 1. The zero-order valence-corrected chi connectivity index (χ0v) is 9.35. The summed E-state index contributed by atoms with van der Waals surface area (Å²) >= 11 is 5.98. The van der Waals surface area contributed by atoms with Gasteiger partial charge >= 0.3 is 0 Å². The van der Waals surface area contributed by atoms with Crippen LogP contribution in [0.4, 0.5) is 0 Å². The van der Waals surface area contributed by atoms with Gasteiger partial charge in [-0.1, -0.05) is 54.1 Å². The number of phenolic OH excluding ortho intramolecular Hbond substituents is 1. The quantitative estimate of drug-likeness (QED) is 0.766. The average molecular weight is 231 g/mol. The summed E-state index contributed by atoms with van der Waals surface area (Å²) in [5.41, 5.74) is 2.01. The van der Waals surface area contributed by atoms with Crippen molar-refractivity contribution in [1.29, 1.82) is 0 Å². The van der Waals surface area contributed by atoms with Crippen molar-refractivity contribution in [3.8, 4) is 5.75 Å². The van der Waals surface area contributed by atoms with Gasteiger partial charge in [0.25, 0.3) is 0 Å². The van der Waals surface area contributed by atoms with Crippen LogP contribution in [0.2, 0.25) is 5.02 Å². The Bertz CT molecular complexity index is 503. The first-order valence-electron chi connectivity index (χ1n) is 4.97. The Hall–Kier alpha value is -1.73. The molecule has 1 N–H and O–H groups in total. The molecule has 2 rings (SSSR count). The highest BCUT2D eigenvalue weighted by atomic mass is 35.5. The van der Waals surface area contributed by atoms with Crippen molar-refractivity contribution in [2.24, 2.45) is 0 Å². The Balaban J connectivity index is 2.24. The van der Waals surface area contributed by atoms with Crippen LogP contribution in [0.1, 0.15) is 11.1 Å². The summed E-state index contributed by atoms with van der Waals surface area (Å²) in [6.07, 6.45) is 3.91. The third-order valence-electron chi connectivity index (χ3n) is 2.24. The van der Waals surface area contributed by atoms with Gasteiger partial charge in [-0.3, -0.25) is 0 Å². The van der Waals surface area contributed by atoms with E-state index in [4.69, 9.17) is 11.6 Å². The molecule has 0 aliphatic heterocycles. The van der Waals surface area contributed by atoms with Crippen LogP contribution in [0.25, 0.3) is 12.2 Å². The average Bonchev–Trinajstić information content (AvgIpc) is 2.29. The van der Waals surface area contributed by atoms with Crippen molar-refractivity contribution < 1.29 is 5.11 Å². The topological polar surface area (TPSA) is 20.2 Å². The van der Waals surface area contributed by atoms with Gasteiger partial charge in [0, 0.05) is 0 Å². The SMILES string of the molecule is Oc1ccc(/C=C/c2ccccc2)c(Cl)c1. The molecule has 0 spiro atoms. The molecule has 0 heterocycles. The maximum atomic E-state index is 9.21. The van der Waals surface area contributed by atoms with Gasteiger partial charge in [0.1, 0.15) is 5.75 Å². The molecule has 0 bridgehead atoms. The maximum absolute atomic E-state index is 9.21. The first kappa shape index (κ1) is 10.8. The molecule has 0 aromatic heterocycles. The van der Waals surface area contributed by atoms with Crippen molar-refractivity contribution in [2.75, 3.05) is 0 Å². The fourth-order valence-corrected chi connectivity index (χ4v) is 1.64. The Morgan fingerprint density at radius 2 is 1.69 bits per heavy atom. The second-order valence-corrected chi connectivity index (χ2v) is 3.86. The second-order valence-electron chi connectivity index (χ2n) is 3.45. The molecule has 0 aliphatic rings. The number of aromatic hydroxyl groups is 1. The molecule has 0 amide bonds. The van der Waals surface area contributed by atoms with Crippen molar-refractivity contribution in [3.63, 3.8) is 0 Å². The molecule has 0 unspecified atom stereocenters. The van der Waals surface area contributed by atoms with Crippen molar-refractivity contribution in [3.05, 3.63) is 64.7 Å². The van der Waals surface area contributed by atoms with Crippen molar-refractivity contribution in [2.45, 2.75) is 0 Å². The Morgan fingerprint density at radius 3 is 2.38 bits per heavy atom. The van der Waals surface area contributed by atoms with Gasteiger partial charge in [0.2, 0.25) is 0 Å². The predicted octanol–water partition coefficient (Wildman–Crippen LogP) is 4.22. The molecule has 80 valence electrons. The summed E-state index contributed by atoms with van der Waals surface area (Å²) in [5.74, 6) is 0.182. The smallest absolute Gasteiger partial charge is 0.117 e. The Kier molecular flexibility index (Phi) is 3.28. The van der Waals surface area contributed by atoms with Gasteiger partial charge in [0.15, 0.2) is 0 Å². The van der Waals surface area contributed by atoms with E-state index >= 15 is 0 Å². The molecule has 0 saturated heterocycles. The van der Waals surface area contributed by atoms with E-state index < -0.39 is 0 Å². The molecule has 0 atom stereocenters. The van der Waals surface area contributed by atoms with Crippen LogP contribution >= 0.6 is 11.6 Å². The standard InChI is InChI=1S/C14H11ClO/c15-14-10-13(16)9-8-12(14)7-6-11-4-2-1-3-5-11/h1-10,16H/b7-6+. The summed E-state index contributed by atoms with van der Waals surface area (Å²) in [6, 6.07) is 14.9. The van der Waals surface area contributed by atoms with Gasteiger partial charge < -0.3 is 5.11 Å². The summed E-state index contributed by atoms with van der Waals surface area (Å²) in [6.45, 7) is 0. The predicted molar refractivity (Wildman–Crippen MR) is 68.5 cm³/mol. The van der Waals surface area contributed by atoms with Crippen molar-refractivity contribution in [1.82, 2.24) is 0 Å². The van der Waals surface area contributed by atoms with Crippen LogP contribution in [0.3, 0.4) is 0 Å². The molecule has 2 heteroatoms. The summed E-state index contributed by atoms with van der Waals surface area (Å²) in [5, 5.41) is 9.76. The van der Waals surface area contributed by atoms with Crippen LogP contribution in [0, 0.1) is 0 Å². The van der Waals surface area contributed by atoms with Gasteiger partial charge in [-0.05, 0) is 29.3 Å². The first-order chi connectivity index (χ1) is 7.75. The highest BCUT2D eigenvalue weighted by molar-refractivity contribution is 6.32. The molecule has 0 fully saturated rings. The number of phenols is 1. The van der Waals surface area contributed by atoms with E-state index in [1.54, 1.807) is 12.1 Å². The minimum atomic E-state index is 0.182. The molecule has 1 nitrogen and oxygen atoms in total. The van der Waals surface area contributed by atoms with E-state index in [2.05, 4.69) is 0 Å². The fraction of sp³-hybridized carbons (Fsp3) is 0. The van der Waals surface area contributed by atoms with Crippen LogP contribution in [-0.2, 0) is 0 Å². The molecule has 0 aliphatic carbocycles. The lowest BCUT2D eigenvalue weighted by Crippen LogP contribution is -1.75. The minimum absolute atomic E-state index is 0.182.